The first kappa shape index (κ1) is 82.5. The molecular formula is C79H101ClFIN18O7P2S. The van der Waals surface area contributed by atoms with E-state index in [0.29, 0.717) is 74.5 Å². The third kappa shape index (κ3) is 21.6. The van der Waals surface area contributed by atoms with Crippen LogP contribution in [-0.4, -0.2) is 216 Å². The summed E-state index contributed by atoms with van der Waals surface area (Å²) in [6, 6.07) is 40.9. The lowest BCUT2D eigenvalue weighted by Crippen LogP contribution is -2.52. The van der Waals surface area contributed by atoms with Crippen molar-refractivity contribution in [3.8, 4) is 17.2 Å². The van der Waals surface area contributed by atoms with Gasteiger partial charge in [0.1, 0.15) is 42.4 Å². The average molecular weight is 1690 g/mol. The zero-order valence-corrected chi connectivity index (χ0v) is 70.1. The van der Waals surface area contributed by atoms with Gasteiger partial charge in [-0.25, -0.2) is 27.8 Å². The van der Waals surface area contributed by atoms with E-state index in [1.54, 1.807) is 110 Å². The summed E-state index contributed by atoms with van der Waals surface area (Å²) in [7, 11) is 0.977. The van der Waals surface area contributed by atoms with Crippen molar-refractivity contribution in [1.29, 1.82) is 0 Å². The number of piperazine rings is 2. The number of ether oxygens (including phenoxy) is 3. The van der Waals surface area contributed by atoms with Gasteiger partial charge in [0.25, 0.3) is 0 Å². The number of aryl methyl sites for hydroxylation is 1. The molecule has 4 aliphatic heterocycles. The molecule has 0 radical (unpaired) electrons. The number of aromatic nitrogens is 6. The molecule has 0 amide bonds. The van der Waals surface area contributed by atoms with Gasteiger partial charge >= 0.3 is 0 Å². The Morgan fingerprint density at radius 2 is 0.927 bits per heavy atom. The van der Waals surface area contributed by atoms with Gasteiger partial charge in [0.05, 0.1) is 72.3 Å². The van der Waals surface area contributed by atoms with E-state index in [1.807, 2.05) is 73.7 Å². The third-order valence-corrected chi connectivity index (χ3v) is 26.6. The summed E-state index contributed by atoms with van der Waals surface area (Å²) in [5, 5.41) is 20.4. The predicted octanol–water partition coefficient (Wildman–Crippen LogP) is 14.7. The van der Waals surface area contributed by atoms with E-state index in [1.165, 1.54) is 51.8 Å². The van der Waals surface area contributed by atoms with Crippen molar-refractivity contribution in [2.24, 2.45) is 0 Å². The molecule has 7 heterocycles. The van der Waals surface area contributed by atoms with E-state index in [9.17, 15) is 21.9 Å². The second-order valence-electron chi connectivity index (χ2n) is 28.8. The Kier molecular flexibility index (Phi) is 28.0. The maximum absolute atomic E-state index is 14.7. The number of nitrogens with one attached hydrogen (secondary N) is 6. The van der Waals surface area contributed by atoms with Crippen LogP contribution in [0.15, 0.2) is 151 Å². The SMILES string of the molecule is COc1cc(N2CCC(N3CCN(C)CC3)CC2)ccc1Nc1ncc(Cl)c(Nc2ccccc2I)n1.COc1cc(N2CCC(N3CCN(C)CC3)CC2)ccc1Nc1ncc(F)c(Nc2ccc(P(C)(C)=O)cc2OC)n1.Cc1cnc(Nc2ccc(P(C)(C)=O)cc2)nc1Nc1ccccc1S(=O)(=O)C(C)C. The highest BCUT2D eigenvalue weighted by Crippen LogP contribution is 2.41. The molecule has 586 valence electrons. The number of benzene rings is 6. The zero-order chi connectivity index (χ0) is 78.4. The lowest BCUT2D eigenvalue weighted by atomic mass is 10.0. The molecule has 0 saturated carbocycles. The highest BCUT2D eigenvalue weighted by Gasteiger charge is 2.30. The Balaban J connectivity index is 0.000000166. The summed E-state index contributed by atoms with van der Waals surface area (Å²) >= 11 is 8.66. The van der Waals surface area contributed by atoms with Gasteiger partial charge in [-0.05, 0) is 201 Å². The number of hydrogen-bond donors (Lipinski definition) is 6. The van der Waals surface area contributed by atoms with Crippen molar-refractivity contribution < 1.29 is 36.1 Å². The first-order valence-corrected chi connectivity index (χ1v) is 45.0. The molecule has 3 aromatic heterocycles. The van der Waals surface area contributed by atoms with Gasteiger partial charge in [-0.1, -0.05) is 35.9 Å². The number of sulfone groups is 1. The van der Waals surface area contributed by atoms with Gasteiger partial charge in [-0.3, -0.25) is 9.80 Å². The standard InChI is InChI=1S/C30H41FN7O3P.C27H33ClIN7O.C22H27N4O3PS/c1-36-14-16-38(17-15-36)21-10-12-37(13-11-21)22-6-8-26(27(18-22)40-2)34-30-32-20-24(31)29(35-30)33-25-9-7-23(42(4,5)39)19-28(25)41-3;1-34-13-15-36(16-14-34)19-9-11-35(12-10-19)20-7-8-24(25(17-20)37-2)32-27-30-18-21(28)26(33-27)31-23-6-4-3-5-22(23)29;1-15(2)31(28,29)20-9-7-6-8-19(20)25-21-16(3)14-23-22(26-21)24-17-10-12-18(13-11-17)30(4,5)27/h6-9,18-21H,10-17H2,1-5H3,(H2,32,33,34,35);3-8,17-19H,9-16H2,1-2H3,(H2,30,31,32,33);6-15H,1-5H3,(H2,23,24,25,26). The summed E-state index contributed by atoms with van der Waals surface area (Å²) in [4.78, 5) is 41.6. The minimum atomic E-state index is -3.46. The number of nitrogens with zero attached hydrogens (tertiary/aromatic N) is 12. The molecule has 0 unspecified atom stereocenters. The second-order valence-corrected chi connectivity index (χ2v) is 39.3. The van der Waals surface area contributed by atoms with E-state index in [4.69, 9.17) is 25.8 Å². The molecule has 31 heteroatoms. The minimum absolute atomic E-state index is 0.0199. The Labute approximate surface area is 665 Å². The molecule has 0 spiro atoms. The van der Waals surface area contributed by atoms with Crippen molar-refractivity contribution in [2.75, 3.05) is 182 Å². The van der Waals surface area contributed by atoms with E-state index in [0.717, 1.165) is 114 Å². The summed E-state index contributed by atoms with van der Waals surface area (Å²) in [6.45, 7) is 25.4. The maximum atomic E-state index is 14.7. The Hall–Kier alpha value is -8.44. The number of rotatable bonds is 23. The molecular weight excluding hydrogens is 1590 g/mol. The first-order chi connectivity index (χ1) is 52.6. The van der Waals surface area contributed by atoms with Crippen LogP contribution < -0.4 is 66.5 Å². The second kappa shape index (κ2) is 37.3. The van der Waals surface area contributed by atoms with E-state index in [2.05, 4.69) is 146 Å². The molecule has 6 aromatic carbocycles. The topological polar surface area (TPSA) is 265 Å². The first-order valence-electron chi connectivity index (χ1n) is 36.8. The molecule has 0 atom stereocenters. The number of likely N-dealkylation sites (N-methyl/N-ethyl adjacent to an activating group) is 2. The van der Waals surface area contributed by atoms with Crippen molar-refractivity contribution in [3.63, 3.8) is 0 Å². The van der Waals surface area contributed by atoms with Crippen LogP contribution >= 0.6 is 48.5 Å². The monoisotopic (exact) mass is 1690 g/mol. The quantitative estimate of drug-likeness (QED) is 0.0257. The number of anilines is 14. The smallest absolute Gasteiger partial charge is 0.229 e. The third-order valence-electron chi connectivity index (χ3n) is 20.1. The van der Waals surface area contributed by atoms with Crippen LogP contribution in [0, 0.1) is 16.3 Å². The van der Waals surface area contributed by atoms with Crippen molar-refractivity contribution in [1.82, 2.24) is 49.5 Å². The summed E-state index contributed by atoms with van der Waals surface area (Å²) in [5.74, 6) is 3.27. The fourth-order valence-electron chi connectivity index (χ4n) is 13.4. The van der Waals surface area contributed by atoms with Crippen molar-refractivity contribution >= 4 is 150 Å². The van der Waals surface area contributed by atoms with Gasteiger partial charge in [0.2, 0.25) is 17.8 Å². The summed E-state index contributed by atoms with van der Waals surface area (Å²) < 4.78 is 82.9. The number of para-hydroxylation sites is 2. The molecule has 4 saturated heterocycles. The molecule has 0 aliphatic carbocycles. The van der Waals surface area contributed by atoms with E-state index >= 15 is 0 Å². The number of halogens is 3. The molecule has 0 bridgehead atoms. The van der Waals surface area contributed by atoms with Gasteiger partial charge in [0.15, 0.2) is 27.3 Å². The lowest BCUT2D eigenvalue weighted by molar-refractivity contribution is 0.0982. The Morgan fingerprint density at radius 3 is 1.45 bits per heavy atom. The highest BCUT2D eigenvalue weighted by atomic mass is 127. The molecule has 9 aromatic rings. The van der Waals surface area contributed by atoms with Gasteiger partial charge in [0, 0.05) is 146 Å². The van der Waals surface area contributed by atoms with Crippen LogP contribution in [0.4, 0.5) is 85.2 Å². The Bertz CT molecular complexity index is 4850. The van der Waals surface area contributed by atoms with Crippen LogP contribution in [-0.2, 0) is 19.0 Å². The molecule has 4 aliphatic rings. The molecule has 4 fully saturated rings. The number of hydrogen-bond acceptors (Lipinski definition) is 25. The normalized spacial score (nSPS) is 15.9. The van der Waals surface area contributed by atoms with Crippen LogP contribution in [0.1, 0.15) is 45.1 Å². The summed E-state index contributed by atoms with van der Waals surface area (Å²) in [5.41, 5.74) is 7.20. The molecule has 25 nitrogen and oxygen atoms in total. The average Bonchev–Trinajstić information content (AvgIpc) is 0.808. The van der Waals surface area contributed by atoms with Crippen LogP contribution in [0.2, 0.25) is 5.02 Å². The molecule has 110 heavy (non-hydrogen) atoms. The van der Waals surface area contributed by atoms with Crippen LogP contribution in [0.25, 0.3) is 0 Å². The lowest BCUT2D eigenvalue weighted by Gasteiger charge is -2.42. The summed E-state index contributed by atoms with van der Waals surface area (Å²) in [6.07, 6.45) is 9.06. The zero-order valence-electron chi connectivity index (χ0n) is 64.6. The van der Waals surface area contributed by atoms with Crippen molar-refractivity contribution in [3.05, 3.63) is 166 Å². The van der Waals surface area contributed by atoms with Crippen LogP contribution in [0.5, 0.6) is 17.2 Å². The van der Waals surface area contributed by atoms with Gasteiger partial charge in [-0.2, -0.15) is 15.0 Å². The van der Waals surface area contributed by atoms with Crippen LogP contribution in [0.3, 0.4) is 0 Å². The highest BCUT2D eigenvalue weighted by molar-refractivity contribution is 14.1. The number of methoxy groups -OCH3 is 3. The fraction of sp³-hybridized carbons (Fsp3) is 0.392. The van der Waals surface area contributed by atoms with E-state index in [-0.39, 0.29) is 16.7 Å². The largest absolute Gasteiger partial charge is 0.495 e. The fourth-order valence-corrected chi connectivity index (χ4v) is 17.0. The predicted molar refractivity (Wildman–Crippen MR) is 456 cm³/mol. The Morgan fingerprint density at radius 1 is 0.500 bits per heavy atom. The molecule has 6 N–H and O–H groups in total. The maximum Gasteiger partial charge on any atom is 0.229 e. The van der Waals surface area contributed by atoms with E-state index < -0.39 is 35.2 Å². The molecule has 13 rings (SSSR count). The number of piperidine rings is 2. The van der Waals surface area contributed by atoms with Gasteiger partial charge in [-0.15, -0.1) is 0 Å². The van der Waals surface area contributed by atoms with Crippen molar-refractivity contribution in [2.45, 2.75) is 68.7 Å². The minimum Gasteiger partial charge on any atom is -0.495 e. The van der Waals surface area contributed by atoms with Gasteiger partial charge < -0.3 is 74.8 Å².